The Morgan fingerprint density at radius 3 is 3.09 bits per heavy atom. The van der Waals surface area contributed by atoms with Crippen LogP contribution < -0.4 is 0 Å². The van der Waals surface area contributed by atoms with E-state index in [9.17, 15) is 4.79 Å². The minimum atomic E-state index is -0.0281. The predicted molar refractivity (Wildman–Crippen MR) is 93.8 cm³/mol. The van der Waals surface area contributed by atoms with Gasteiger partial charge in [-0.05, 0) is 44.4 Å². The predicted octanol–water partition coefficient (Wildman–Crippen LogP) is 4.53. The summed E-state index contributed by atoms with van der Waals surface area (Å²) in [4.78, 5) is 14.7. The van der Waals surface area contributed by atoms with Crippen LogP contribution in [0.15, 0.2) is 27.1 Å². The highest BCUT2D eigenvalue weighted by Gasteiger charge is 2.28. The normalized spacial score (nSPS) is 18.6. The average molecular weight is 380 g/mol. The van der Waals surface area contributed by atoms with Gasteiger partial charge in [0.2, 0.25) is 0 Å². The monoisotopic (exact) mass is 379 g/mol. The standard InChI is InChI=1S/C18H22BrNO3/c1-3-9-22-14-5-4-8-20(11-14)18(21)17-12(2)15-10-13(19)6-7-16(15)23-17/h6-7,10,14H,3-5,8-9,11H2,1-2H3. The number of hydrogen-bond acceptors (Lipinski definition) is 3. The zero-order valence-corrected chi connectivity index (χ0v) is 15.2. The van der Waals surface area contributed by atoms with Gasteiger partial charge in [-0.15, -0.1) is 0 Å². The Hall–Kier alpha value is -1.33. The number of aryl methyl sites for hydroxylation is 1. The molecule has 1 aliphatic heterocycles. The fourth-order valence-corrected chi connectivity index (χ4v) is 3.45. The highest BCUT2D eigenvalue weighted by atomic mass is 79.9. The third-order valence-corrected chi connectivity index (χ3v) is 4.81. The Bertz CT molecular complexity index is 710. The highest BCUT2D eigenvalue weighted by molar-refractivity contribution is 9.10. The zero-order valence-electron chi connectivity index (χ0n) is 13.6. The summed E-state index contributed by atoms with van der Waals surface area (Å²) < 4.78 is 12.6. The van der Waals surface area contributed by atoms with Crippen molar-refractivity contribution in [3.05, 3.63) is 34.0 Å². The Morgan fingerprint density at radius 1 is 1.48 bits per heavy atom. The van der Waals surface area contributed by atoms with Gasteiger partial charge in [0.25, 0.3) is 5.91 Å². The maximum Gasteiger partial charge on any atom is 0.289 e. The summed E-state index contributed by atoms with van der Waals surface area (Å²) >= 11 is 3.47. The molecule has 0 N–H and O–H groups in total. The second-order valence-corrected chi connectivity index (χ2v) is 7.00. The molecule has 0 spiro atoms. The van der Waals surface area contributed by atoms with E-state index in [1.54, 1.807) is 0 Å². The molecule has 124 valence electrons. The van der Waals surface area contributed by atoms with E-state index < -0.39 is 0 Å². The van der Waals surface area contributed by atoms with E-state index in [-0.39, 0.29) is 12.0 Å². The molecule has 0 saturated carbocycles. The zero-order chi connectivity index (χ0) is 16.4. The fourth-order valence-electron chi connectivity index (χ4n) is 3.08. The van der Waals surface area contributed by atoms with Gasteiger partial charge < -0.3 is 14.1 Å². The van der Waals surface area contributed by atoms with Crippen LogP contribution in [0, 0.1) is 6.92 Å². The quantitative estimate of drug-likeness (QED) is 0.783. The molecule has 0 bridgehead atoms. The van der Waals surface area contributed by atoms with Crippen molar-refractivity contribution in [1.29, 1.82) is 0 Å². The number of likely N-dealkylation sites (tertiary alicyclic amines) is 1. The Morgan fingerprint density at radius 2 is 2.30 bits per heavy atom. The van der Waals surface area contributed by atoms with Crippen molar-refractivity contribution in [2.45, 2.75) is 39.2 Å². The highest BCUT2D eigenvalue weighted by Crippen LogP contribution is 2.29. The first-order valence-electron chi connectivity index (χ1n) is 8.19. The lowest BCUT2D eigenvalue weighted by Crippen LogP contribution is -2.43. The molecule has 4 nitrogen and oxygen atoms in total. The number of furan rings is 1. The summed E-state index contributed by atoms with van der Waals surface area (Å²) in [5.74, 6) is 0.425. The second kappa shape index (κ2) is 7.05. The van der Waals surface area contributed by atoms with Gasteiger partial charge >= 0.3 is 0 Å². The molecule has 1 aromatic heterocycles. The average Bonchev–Trinajstić information content (AvgIpc) is 2.89. The first-order valence-corrected chi connectivity index (χ1v) is 8.99. The number of hydrogen-bond donors (Lipinski definition) is 0. The lowest BCUT2D eigenvalue weighted by molar-refractivity contribution is 0.00119. The molecule has 1 atom stereocenters. The second-order valence-electron chi connectivity index (χ2n) is 6.08. The van der Waals surface area contributed by atoms with Crippen molar-refractivity contribution >= 4 is 32.8 Å². The molecule has 23 heavy (non-hydrogen) atoms. The molecule has 2 heterocycles. The van der Waals surface area contributed by atoms with Gasteiger partial charge in [0, 0.05) is 35.1 Å². The van der Waals surface area contributed by atoms with Crippen LogP contribution in [0.5, 0.6) is 0 Å². The number of amides is 1. The van der Waals surface area contributed by atoms with Gasteiger partial charge in [-0.3, -0.25) is 4.79 Å². The topological polar surface area (TPSA) is 42.7 Å². The minimum absolute atomic E-state index is 0.0281. The molecule has 0 radical (unpaired) electrons. The molecular weight excluding hydrogens is 358 g/mol. The number of carbonyl (C=O) groups excluding carboxylic acids is 1. The largest absolute Gasteiger partial charge is 0.451 e. The smallest absolute Gasteiger partial charge is 0.289 e. The lowest BCUT2D eigenvalue weighted by Gasteiger charge is -2.32. The number of piperidine rings is 1. The summed E-state index contributed by atoms with van der Waals surface area (Å²) in [7, 11) is 0. The number of nitrogens with zero attached hydrogens (tertiary/aromatic N) is 1. The molecule has 1 aromatic carbocycles. The fraction of sp³-hybridized carbons (Fsp3) is 0.500. The van der Waals surface area contributed by atoms with E-state index in [4.69, 9.17) is 9.15 Å². The van der Waals surface area contributed by atoms with Gasteiger partial charge in [0.1, 0.15) is 5.58 Å². The van der Waals surface area contributed by atoms with E-state index in [0.717, 1.165) is 53.4 Å². The Kier molecular flexibility index (Phi) is 5.07. The Balaban J connectivity index is 1.81. The van der Waals surface area contributed by atoms with Gasteiger partial charge in [-0.1, -0.05) is 22.9 Å². The first kappa shape index (κ1) is 16.5. The van der Waals surface area contributed by atoms with Crippen molar-refractivity contribution in [3.8, 4) is 0 Å². The van der Waals surface area contributed by atoms with Crippen molar-refractivity contribution < 1.29 is 13.9 Å². The summed E-state index contributed by atoms with van der Waals surface area (Å²) in [6.45, 7) is 6.22. The minimum Gasteiger partial charge on any atom is -0.451 e. The third-order valence-electron chi connectivity index (χ3n) is 4.32. The van der Waals surface area contributed by atoms with Gasteiger partial charge in [0.05, 0.1) is 6.10 Å². The third kappa shape index (κ3) is 3.45. The number of ether oxygens (including phenoxy) is 1. The summed E-state index contributed by atoms with van der Waals surface area (Å²) in [6, 6.07) is 5.82. The molecule has 1 saturated heterocycles. The van der Waals surface area contributed by atoms with Crippen LogP contribution in [0.2, 0.25) is 0 Å². The van der Waals surface area contributed by atoms with Crippen molar-refractivity contribution in [2.24, 2.45) is 0 Å². The van der Waals surface area contributed by atoms with E-state index in [1.807, 2.05) is 30.0 Å². The van der Waals surface area contributed by atoms with Gasteiger partial charge in [-0.25, -0.2) is 0 Å². The van der Waals surface area contributed by atoms with Gasteiger partial charge in [0.15, 0.2) is 5.76 Å². The van der Waals surface area contributed by atoms with Crippen LogP contribution in [0.4, 0.5) is 0 Å². The van der Waals surface area contributed by atoms with Crippen molar-refractivity contribution in [2.75, 3.05) is 19.7 Å². The van der Waals surface area contributed by atoms with Crippen molar-refractivity contribution in [1.82, 2.24) is 4.90 Å². The molecule has 1 amide bonds. The Labute approximate surface area is 144 Å². The molecule has 1 fully saturated rings. The van der Waals surface area contributed by atoms with Crippen LogP contribution in [-0.4, -0.2) is 36.6 Å². The molecular formula is C18H22BrNO3. The molecule has 1 unspecified atom stereocenters. The number of fused-ring (bicyclic) bond motifs is 1. The molecule has 5 heteroatoms. The lowest BCUT2D eigenvalue weighted by atomic mass is 10.1. The van der Waals surface area contributed by atoms with Crippen LogP contribution in [0.1, 0.15) is 42.3 Å². The van der Waals surface area contributed by atoms with Crippen LogP contribution >= 0.6 is 15.9 Å². The summed E-state index contributed by atoms with van der Waals surface area (Å²) in [5, 5.41) is 0.985. The molecule has 2 aromatic rings. The molecule has 1 aliphatic rings. The maximum absolute atomic E-state index is 12.9. The van der Waals surface area contributed by atoms with Crippen LogP contribution in [0.3, 0.4) is 0 Å². The summed E-state index contributed by atoms with van der Waals surface area (Å²) in [5.41, 5.74) is 1.66. The molecule has 0 aliphatic carbocycles. The van der Waals surface area contributed by atoms with E-state index in [0.29, 0.717) is 12.3 Å². The van der Waals surface area contributed by atoms with Crippen LogP contribution in [0.25, 0.3) is 11.0 Å². The van der Waals surface area contributed by atoms with Crippen molar-refractivity contribution in [3.63, 3.8) is 0 Å². The number of carbonyl (C=O) groups is 1. The number of benzene rings is 1. The van der Waals surface area contributed by atoms with Gasteiger partial charge in [-0.2, -0.15) is 0 Å². The number of rotatable bonds is 4. The summed E-state index contributed by atoms with van der Waals surface area (Å²) in [6.07, 6.45) is 3.15. The first-order chi connectivity index (χ1) is 11.1. The maximum atomic E-state index is 12.9. The van der Waals surface area contributed by atoms with Crippen LogP contribution in [-0.2, 0) is 4.74 Å². The SMILES string of the molecule is CCCOC1CCCN(C(=O)c2oc3ccc(Br)cc3c2C)C1. The van der Waals surface area contributed by atoms with E-state index >= 15 is 0 Å². The molecule has 3 rings (SSSR count). The van der Waals surface area contributed by atoms with E-state index in [2.05, 4.69) is 22.9 Å². The van der Waals surface area contributed by atoms with E-state index in [1.165, 1.54) is 0 Å². The number of halogens is 1.